The number of nitrogens with zero attached hydrogens (tertiary/aromatic N) is 1. The van der Waals surface area contributed by atoms with Gasteiger partial charge in [0, 0.05) is 6.42 Å². The van der Waals surface area contributed by atoms with Crippen molar-refractivity contribution in [1.82, 2.24) is 5.06 Å². The highest BCUT2D eigenvalue weighted by molar-refractivity contribution is 5.75. The van der Waals surface area contributed by atoms with Crippen LogP contribution in [0.2, 0.25) is 0 Å². The van der Waals surface area contributed by atoms with Crippen molar-refractivity contribution < 1.29 is 9.63 Å². The zero-order valence-electron chi connectivity index (χ0n) is 7.29. The van der Waals surface area contributed by atoms with Gasteiger partial charge in [-0.25, -0.2) is 5.06 Å². The number of hydrogen-bond acceptors (Lipinski definition) is 3. The largest absolute Gasteiger partial charge is 0.330 e. The second-order valence-electron chi connectivity index (χ2n) is 2.93. The molecular formula is C8H16N2O2. The quantitative estimate of drug-likeness (QED) is 0.620. The number of hydrogen-bond donors (Lipinski definition) is 1. The molecule has 1 aliphatic rings. The Morgan fingerprint density at radius 1 is 1.50 bits per heavy atom. The number of hydroxylamine groups is 2. The highest BCUT2D eigenvalue weighted by Crippen LogP contribution is 2.07. The second kappa shape index (κ2) is 5.11. The van der Waals surface area contributed by atoms with Crippen molar-refractivity contribution in [2.24, 2.45) is 5.73 Å². The van der Waals surface area contributed by atoms with Gasteiger partial charge in [-0.2, -0.15) is 0 Å². The van der Waals surface area contributed by atoms with Gasteiger partial charge in [0.25, 0.3) is 0 Å². The molecule has 1 aliphatic heterocycles. The van der Waals surface area contributed by atoms with E-state index in [0.717, 1.165) is 25.8 Å². The smallest absolute Gasteiger partial charge is 0.246 e. The molecule has 0 radical (unpaired) electrons. The Labute approximate surface area is 72.6 Å². The maximum atomic E-state index is 11.3. The molecule has 0 spiro atoms. The van der Waals surface area contributed by atoms with E-state index in [1.807, 2.05) is 0 Å². The van der Waals surface area contributed by atoms with E-state index in [0.29, 0.717) is 19.6 Å². The molecule has 0 aromatic carbocycles. The van der Waals surface area contributed by atoms with E-state index in [-0.39, 0.29) is 5.91 Å². The molecule has 1 saturated heterocycles. The monoisotopic (exact) mass is 172 g/mol. The molecule has 0 aromatic heterocycles. The van der Waals surface area contributed by atoms with Crippen molar-refractivity contribution >= 4 is 5.91 Å². The molecule has 0 unspecified atom stereocenters. The summed E-state index contributed by atoms with van der Waals surface area (Å²) in [7, 11) is 0. The van der Waals surface area contributed by atoms with Crippen molar-refractivity contribution in [2.45, 2.75) is 25.7 Å². The predicted octanol–water partition coefficient (Wildman–Crippen LogP) is 0.279. The van der Waals surface area contributed by atoms with Crippen LogP contribution in [0.15, 0.2) is 0 Å². The van der Waals surface area contributed by atoms with E-state index in [1.54, 1.807) is 0 Å². The molecule has 1 amide bonds. The maximum Gasteiger partial charge on any atom is 0.246 e. The molecule has 1 rings (SSSR count). The molecule has 1 fully saturated rings. The normalized spacial score (nSPS) is 16.9. The third kappa shape index (κ3) is 2.79. The van der Waals surface area contributed by atoms with Gasteiger partial charge in [0.15, 0.2) is 0 Å². The summed E-state index contributed by atoms with van der Waals surface area (Å²) in [5.74, 6) is 0.0981. The zero-order valence-corrected chi connectivity index (χ0v) is 7.29. The van der Waals surface area contributed by atoms with Crippen molar-refractivity contribution in [1.29, 1.82) is 0 Å². The van der Waals surface area contributed by atoms with Crippen LogP contribution in [0.5, 0.6) is 0 Å². The van der Waals surface area contributed by atoms with E-state index in [4.69, 9.17) is 10.6 Å². The van der Waals surface area contributed by atoms with Gasteiger partial charge in [-0.15, -0.1) is 0 Å². The van der Waals surface area contributed by atoms with E-state index in [2.05, 4.69) is 0 Å². The van der Waals surface area contributed by atoms with Crippen molar-refractivity contribution in [3.8, 4) is 0 Å². The Morgan fingerprint density at radius 3 is 2.92 bits per heavy atom. The fraction of sp³-hybridized carbons (Fsp3) is 0.875. The van der Waals surface area contributed by atoms with Crippen LogP contribution in [-0.4, -0.2) is 30.7 Å². The SMILES string of the molecule is NCCCCC(=O)N1CCCO1. The van der Waals surface area contributed by atoms with Gasteiger partial charge in [0.05, 0.1) is 13.2 Å². The topological polar surface area (TPSA) is 55.6 Å². The fourth-order valence-corrected chi connectivity index (χ4v) is 1.19. The highest BCUT2D eigenvalue weighted by atomic mass is 16.7. The molecule has 4 heteroatoms. The van der Waals surface area contributed by atoms with Gasteiger partial charge >= 0.3 is 0 Å². The predicted molar refractivity (Wildman–Crippen MR) is 45.2 cm³/mol. The summed E-state index contributed by atoms with van der Waals surface area (Å²) in [6.07, 6.45) is 3.31. The number of carbonyl (C=O) groups is 1. The lowest BCUT2D eigenvalue weighted by Gasteiger charge is -2.12. The van der Waals surface area contributed by atoms with Crippen LogP contribution in [-0.2, 0) is 9.63 Å². The molecular weight excluding hydrogens is 156 g/mol. The van der Waals surface area contributed by atoms with Crippen LogP contribution in [0.3, 0.4) is 0 Å². The van der Waals surface area contributed by atoms with Crippen molar-refractivity contribution in [2.75, 3.05) is 19.7 Å². The van der Waals surface area contributed by atoms with Gasteiger partial charge in [0.2, 0.25) is 5.91 Å². The average molecular weight is 172 g/mol. The van der Waals surface area contributed by atoms with Crippen LogP contribution in [0.25, 0.3) is 0 Å². The summed E-state index contributed by atoms with van der Waals surface area (Å²) < 4.78 is 0. The first-order valence-corrected chi connectivity index (χ1v) is 4.48. The molecule has 4 nitrogen and oxygen atoms in total. The molecule has 12 heavy (non-hydrogen) atoms. The fourth-order valence-electron chi connectivity index (χ4n) is 1.19. The molecule has 2 N–H and O–H groups in total. The molecule has 0 aromatic rings. The summed E-state index contributed by atoms with van der Waals surface area (Å²) in [5.41, 5.74) is 5.31. The number of amides is 1. The molecule has 0 aliphatic carbocycles. The average Bonchev–Trinajstić information content (AvgIpc) is 2.56. The lowest BCUT2D eigenvalue weighted by atomic mass is 10.2. The minimum absolute atomic E-state index is 0.0981. The van der Waals surface area contributed by atoms with Gasteiger partial charge in [-0.1, -0.05) is 0 Å². The number of unbranched alkanes of at least 4 members (excludes halogenated alkanes) is 1. The van der Waals surface area contributed by atoms with E-state index < -0.39 is 0 Å². The summed E-state index contributed by atoms with van der Waals surface area (Å²) in [4.78, 5) is 16.4. The van der Waals surface area contributed by atoms with Crippen molar-refractivity contribution in [3.63, 3.8) is 0 Å². The summed E-state index contributed by atoms with van der Waals surface area (Å²) in [6, 6.07) is 0. The van der Waals surface area contributed by atoms with Crippen LogP contribution in [0, 0.1) is 0 Å². The van der Waals surface area contributed by atoms with Gasteiger partial charge in [-0.05, 0) is 25.8 Å². The first-order valence-electron chi connectivity index (χ1n) is 4.48. The first-order chi connectivity index (χ1) is 5.84. The highest BCUT2D eigenvalue weighted by Gasteiger charge is 2.17. The first kappa shape index (κ1) is 9.48. The summed E-state index contributed by atoms with van der Waals surface area (Å²) >= 11 is 0. The van der Waals surface area contributed by atoms with Crippen LogP contribution >= 0.6 is 0 Å². The Hall–Kier alpha value is -0.610. The Bertz CT molecular complexity index is 144. The Morgan fingerprint density at radius 2 is 2.33 bits per heavy atom. The lowest BCUT2D eigenvalue weighted by molar-refractivity contribution is -0.168. The molecule has 1 heterocycles. The van der Waals surface area contributed by atoms with Gasteiger partial charge < -0.3 is 5.73 Å². The van der Waals surface area contributed by atoms with E-state index in [1.165, 1.54) is 5.06 Å². The number of nitrogens with two attached hydrogens (primary N) is 1. The van der Waals surface area contributed by atoms with E-state index in [9.17, 15) is 4.79 Å². The van der Waals surface area contributed by atoms with Crippen LogP contribution < -0.4 is 5.73 Å². The maximum absolute atomic E-state index is 11.3. The minimum Gasteiger partial charge on any atom is -0.330 e. The number of carbonyl (C=O) groups excluding carboxylic acids is 1. The number of rotatable bonds is 4. The summed E-state index contributed by atoms with van der Waals surface area (Å²) in [6.45, 7) is 2.10. The third-order valence-corrected chi connectivity index (χ3v) is 1.88. The minimum atomic E-state index is 0.0981. The zero-order chi connectivity index (χ0) is 8.81. The van der Waals surface area contributed by atoms with Crippen molar-refractivity contribution in [3.05, 3.63) is 0 Å². The standard InChI is InChI=1S/C8H16N2O2/c9-5-2-1-4-8(11)10-6-3-7-12-10/h1-7,9H2. The second-order valence-corrected chi connectivity index (χ2v) is 2.93. The molecule has 0 atom stereocenters. The van der Waals surface area contributed by atoms with Crippen LogP contribution in [0.4, 0.5) is 0 Å². The van der Waals surface area contributed by atoms with Gasteiger partial charge in [-0.3, -0.25) is 9.63 Å². The van der Waals surface area contributed by atoms with Gasteiger partial charge in [0.1, 0.15) is 0 Å². The van der Waals surface area contributed by atoms with Crippen LogP contribution in [0.1, 0.15) is 25.7 Å². The van der Waals surface area contributed by atoms with E-state index >= 15 is 0 Å². The molecule has 70 valence electrons. The summed E-state index contributed by atoms with van der Waals surface area (Å²) in [5, 5.41) is 1.47. The lowest BCUT2D eigenvalue weighted by Crippen LogP contribution is -2.26. The Balaban J connectivity index is 2.10. The third-order valence-electron chi connectivity index (χ3n) is 1.88. The molecule has 0 saturated carbocycles. The Kier molecular flexibility index (Phi) is 4.04. The molecule has 0 bridgehead atoms.